The van der Waals surface area contributed by atoms with Crippen LogP contribution in [0.3, 0.4) is 0 Å². The van der Waals surface area contributed by atoms with Crippen LogP contribution in [0.25, 0.3) is 0 Å². The molecule has 4 atom stereocenters. The van der Waals surface area contributed by atoms with Gasteiger partial charge in [0.2, 0.25) is 0 Å². The van der Waals surface area contributed by atoms with E-state index in [2.05, 4.69) is 0 Å². The van der Waals surface area contributed by atoms with Crippen molar-refractivity contribution in [3.63, 3.8) is 0 Å². The maximum Gasteiger partial charge on any atom is 0.194 e. The summed E-state index contributed by atoms with van der Waals surface area (Å²) in [5.41, 5.74) is 0.626. The maximum atomic E-state index is 12.4. The van der Waals surface area contributed by atoms with Gasteiger partial charge in [-0.1, -0.05) is 60.7 Å². The number of rotatable bonds is 6. The molecule has 6 nitrogen and oxygen atoms in total. The van der Waals surface area contributed by atoms with Gasteiger partial charge in [-0.2, -0.15) is 0 Å². The van der Waals surface area contributed by atoms with Crippen LogP contribution >= 0.6 is 0 Å². The quantitative estimate of drug-likeness (QED) is 0.767. The van der Waals surface area contributed by atoms with Crippen molar-refractivity contribution in [2.24, 2.45) is 0 Å². The van der Waals surface area contributed by atoms with Gasteiger partial charge in [-0.3, -0.25) is 9.59 Å². The first-order chi connectivity index (χ1) is 12.1. The van der Waals surface area contributed by atoms with E-state index in [0.29, 0.717) is 11.1 Å². The molecule has 2 aromatic carbocycles. The molecule has 0 amide bonds. The lowest BCUT2D eigenvalue weighted by Gasteiger charge is -2.24. The third-order valence-corrected chi connectivity index (χ3v) is 4.12. The Hall–Kier alpha value is -2.38. The molecule has 1 saturated heterocycles. The minimum Gasteiger partial charge on any atom is -0.382 e. The molecule has 0 radical (unpaired) electrons. The van der Waals surface area contributed by atoms with Gasteiger partial charge < -0.3 is 19.7 Å². The van der Waals surface area contributed by atoms with Gasteiger partial charge in [0.15, 0.2) is 11.6 Å². The fourth-order valence-corrected chi connectivity index (χ4v) is 2.77. The predicted molar refractivity (Wildman–Crippen MR) is 88.2 cm³/mol. The van der Waals surface area contributed by atoms with Crippen LogP contribution in [0.4, 0.5) is 0 Å². The van der Waals surface area contributed by atoms with E-state index in [-0.39, 0.29) is 6.79 Å². The predicted octanol–water partition coefficient (Wildman–Crippen LogP) is 1.22. The summed E-state index contributed by atoms with van der Waals surface area (Å²) in [7, 11) is 0. The van der Waals surface area contributed by atoms with Gasteiger partial charge >= 0.3 is 0 Å². The average molecular weight is 342 g/mol. The topological polar surface area (TPSA) is 93.1 Å². The van der Waals surface area contributed by atoms with Gasteiger partial charge in [-0.25, -0.2) is 0 Å². The Bertz CT molecular complexity index is 667. The number of ketones is 2. The van der Waals surface area contributed by atoms with E-state index in [4.69, 9.17) is 9.47 Å². The number of carbonyl (C=O) groups excluding carboxylic acids is 2. The summed E-state index contributed by atoms with van der Waals surface area (Å²) in [6, 6.07) is 16.5. The summed E-state index contributed by atoms with van der Waals surface area (Å²) in [6.45, 7) is -0.215. The van der Waals surface area contributed by atoms with Gasteiger partial charge in [-0.15, -0.1) is 0 Å². The Balaban J connectivity index is 1.76. The number of ether oxygens (including phenoxy) is 2. The van der Waals surface area contributed by atoms with Gasteiger partial charge in [0, 0.05) is 11.1 Å². The Morgan fingerprint density at radius 2 is 1.12 bits per heavy atom. The minimum absolute atomic E-state index is 0.215. The highest BCUT2D eigenvalue weighted by atomic mass is 16.7. The van der Waals surface area contributed by atoms with E-state index in [9.17, 15) is 19.8 Å². The molecule has 6 heteroatoms. The SMILES string of the molecule is O=C(c1ccccc1)C(O)[C@@H]1OCO[C@H]1C(O)C(=O)c1ccccc1. The van der Waals surface area contributed by atoms with Crippen molar-refractivity contribution in [3.05, 3.63) is 71.8 Å². The number of aliphatic hydroxyl groups excluding tert-OH is 2. The molecule has 2 N–H and O–H groups in total. The molecule has 2 aromatic rings. The molecular formula is C19H18O6. The molecule has 2 unspecified atom stereocenters. The van der Waals surface area contributed by atoms with Crippen LogP contribution < -0.4 is 0 Å². The molecule has 3 rings (SSSR count). The van der Waals surface area contributed by atoms with E-state index in [0.717, 1.165) is 0 Å². The van der Waals surface area contributed by atoms with Crippen LogP contribution in [0.15, 0.2) is 60.7 Å². The number of aliphatic hydroxyl groups is 2. The zero-order valence-electron chi connectivity index (χ0n) is 13.3. The van der Waals surface area contributed by atoms with Crippen molar-refractivity contribution in [3.8, 4) is 0 Å². The Labute approximate surface area is 144 Å². The molecule has 1 aliphatic rings. The fraction of sp³-hybridized carbons (Fsp3) is 0.263. The van der Waals surface area contributed by atoms with Crippen molar-refractivity contribution >= 4 is 11.6 Å². The molecule has 0 spiro atoms. The zero-order chi connectivity index (χ0) is 17.8. The maximum absolute atomic E-state index is 12.4. The lowest BCUT2D eigenvalue weighted by atomic mass is 9.93. The smallest absolute Gasteiger partial charge is 0.194 e. The molecule has 1 fully saturated rings. The molecular weight excluding hydrogens is 324 g/mol. The van der Waals surface area contributed by atoms with E-state index < -0.39 is 36.0 Å². The van der Waals surface area contributed by atoms with Crippen LogP contribution in [0, 0.1) is 0 Å². The summed E-state index contributed by atoms with van der Waals surface area (Å²) in [5, 5.41) is 20.7. The first kappa shape index (κ1) is 17.4. The Kier molecular flexibility index (Phi) is 5.35. The second-order valence-electron chi connectivity index (χ2n) is 5.73. The van der Waals surface area contributed by atoms with Crippen LogP contribution in [-0.4, -0.2) is 53.0 Å². The van der Waals surface area contributed by atoms with Crippen LogP contribution in [0.1, 0.15) is 20.7 Å². The third kappa shape index (κ3) is 3.67. The van der Waals surface area contributed by atoms with E-state index in [1.165, 1.54) is 0 Å². The van der Waals surface area contributed by atoms with Gasteiger partial charge in [0.25, 0.3) is 0 Å². The zero-order valence-corrected chi connectivity index (χ0v) is 13.3. The largest absolute Gasteiger partial charge is 0.382 e. The fourth-order valence-electron chi connectivity index (χ4n) is 2.77. The van der Waals surface area contributed by atoms with E-state index in [1.54, 1.807) is 60.7 Å². The molecule has 1 heterocycles. The van der Waals surface area contributed by atoms with Crippen molar-refractivity contribution in [2.75, 3.05) is 6.79 Å². The summed E-state index contributed by atoms with van der Waals surface area (Å²) in [5.74, 6) is -1.11. The van der Waals surface area contributed by atoms with Gasteiger partial charge in [0.1, 0.15) is 31.2 Å². The van der Waals surface area contributed by atoms with Crippen molar-refractivity contribution in [2.45, 2.75) is 24.4 Å². The number of carbonyl (C=O) groups is 2. The normalized spacial score (nSPS) is 22.3. The molecule has 1 aliphatic heterocycles. The summed E-state index contributed by atoms with van der Waals surface area (Å²) >= 11 is 0. The standard InChI is InChI=1S/C19H18O6/c20-14(12-7-3-1-4-8-12)16(22)18-19(25-11-24-18)17(23)15(21)13-9-5-2-6-10-13/h1-10,16-19,22-23H,11H2/t16?,17?,18-,19-/m0/s1. The van der Waals surface area contributed by atoms with Crippen LogP contribution in [0.2, 0.25) is 0 Å². The van der Waals surface area contributed by atoms with Gasteiger partial charge in [-0.05, 0) is 0 Å². The highest BCUT2D eigenvalue weighted by Crippen LogP contribution is 2.23. The lowest BCUT2D eigenvalue weighted by Crippen LogP contribution is -2.48. The third-order valence-electron chi connectivity index (χ3n) is 4.12. The highest BCUT2D eigenvalue weighted by molar-refractivity contribution is 6.01. The Morgan fingerprint density at radius 1 is 0.760 bits per heavy atom. The van der Waals surface area contributed by atoms with Crippen molar-refractivity contribution in [1.29, 1.82) is 0 Å². The summed E-state index contributed by atoms with van der Waals surface area (Å²) in [6.07, 6.45) is -5.35. The second kappa shape index (κ2) is 7.67. The first-order valence-electron chi connectivity index (χ1n) is 7.87. The van der Waals surface area contributed by atoms with Gasteiger partial charge in [0.05, 0.1) is 0 Å². The molecule has 0 bridgehead atoms. The van der Waals surface area contributed by atoms with Crippen LogP contribution in [-0.2, 0) is 9.47 Å². The van der Waals surface area contributed by atoms with Crippen molar-refractivity contribution in [1.82, 2.24) is 0 Å². The molecule has 0 aliphatic carbocycles. The summed E-state index contributed by atoms with van der Waals surface area (Å²) < 4.78 is 10.5. The molecule has 130 valence electrons. The average Bonchev–Trinajstić information content (AvgIpc) is 3.16. The number of Topliss-reactive ketones (excluding diaryl/α,β-unsaturated/α-hetero) is 2. The first-order valence-corrected chi connectivity index (χ1v) is 7.87. The van der Waals surface area contributed by atoms with Crippen molar-refractivity contribution < 1.29 is 29.3 Å². The molecule has 0 aromatic heterocycles. The Morgan fingerprint density at radius 3 is 1.48 bits per heavy atom. The number of hydrogen-bond acceptors (Lipinski definition) is 6. The molecule has 25 heavy (non-hydrogen) atoms. The van der Waals surface area contributed by atoms with Crippen LogP contribution in [0.5, 0.6) is 0 Å². The monoisotopic (exact) mass is 342 g/mol. The number of hydrogen-bond donors (Lipinski definition) is 2. The second-order valence-corrected chi connectivity index (χ2v) is 5.73. The van der Waals surface area contributed by atoms with E-state index in [1.807, 2.05) is 0 Å². The highest BCUT2D eigenvalue weighted by Gasteiger charge is 2.45. The lowest BCUT2D eigenvalue weighted by molar-refractivity contribution is -0.0187. The summed E-state index contributed by atoms with van der Waals surface area (Å²) in [4.78, 5) is 24.8. The minimum atomic E-state index is -1.55. The number of benzene rings is 2. The molecule has 0 saturated carbocycles. The van der Waals surface area contributed by atoms with E-state index >= 15 is 0 Å².